The molecule has 0 radical (unpaired) electrons. The summed E-state index contributed by atoms with van der Waals surface area (Å²) in [6.45, 7) is 1.68. The number of benzene rings is 4. The maximum atomic E-state index is 14.5. The first-order valence-corrected chi connectivity index (χ1v) is 16.7. The van der Waals surface area contributed by atoms with Crippen molar-refractivity contribution in [2.45, 2.75) is 30.8 Å². The lowest BCUT2D eigenvalue weighted by atomic mass is 10.0. The lowest BCUT2D eigenvalue weighted by Crippen LogP contribution is -2.53. The predicted molar refractivity (Wildman–Crippen MR) is 182 cm³/mol. The maximum absolute atomic E-state index is 14.5. The maximum Gasteiger partial charge on any atom is 0.264 e. The third-order valence-electron chi connectivity index (χ3n) is 7.44. The molecule has 0 spiro atoms. The van der Waals surface area contributed by atoms with Crippen molar-refractivity contribution in [3.05, 3.63) is 113 Å². The molecule has 4 aromatic rings. The molecule has 1 atom stereocenters. The fourth-order valence-electron chi connectivity index (χ4n) is 5.02. The van der Waals surface area contributed by atoms with Gasteiger partial charge in [0.25, 0.3) is 10.0 Å². The van der Waals surface area contributed by atoms with Gasteiger partial charge in [0.15, 0.2) is 11.5 Å². The molecule has 0 aliphatic carbocycles. The van der Waals surface area contributed by atoms with Crippen molar-refractivity contribution in [1.82, 2.24) is 10.2 Å². The highest BCUT2D eigenvalue weighted by Crippen LogP contribution is 2.33. The summed E-state index contributed by atoms with van der Waals surface area (Å²) in [4.78, 5) is 29.2. The van der Waals surface area contributed by atoms with Crippen LogP contribution < -0.4 is 23.8 Å². The number of hydrogen-bond acceptors (Lipinski definition) is 7. The molecular weight excluding hydrogens is 642 g/mol. The number of hydrogen-bond donors (Lipinski definition) is 1. The summed E-state index contributed by atoms with van der Waals surface area (Å²) in [5.41, 5.74) is 1.76. The van der Waals surface area contributed by atoms with E-state index in [1.54, 1.807) is 48.5 Å². The molecule has 4 aromatic carbocycles. The average molecular weight is 680 g/mol. The van der Waals surface area contributed by atoms with Crippen molar-refractivity contribution in [1.29, 1.82) is 0 Å². The number of halogens is 1. The Kier molecular flexibility index (Phi) is 12.1. The number of carbonyl (C=O) groups is 2. The van der Waals surface area contributed by atoms with Gasteiger partial charge in [-0.3, -0.25) is 13.9 Å². The topological polar surface area (TPSA) is 114 Å². The van der Waals surface area contributed by atoms with Crippen LogP contribution >= 0.6 is 11.6 Å². The van der Waals surface area contributed by atoms with Gasteiger partial charge >= 0.3 is 0 Å². The molecule has 0 bridgehead atoms. The number of nitrogens with zero attached hydrogens (tertiary/aromatic N) is 2. The first-order chi connectivity index (χ1) is 22.6. The Morgan fingerprint density at radius 2 is 1.51 bits per heavy atom. The van der Waals surface area contributed by atoms with E-state index in [0.29, 0.717) is 28.7 Å². The van der Waals surface area contributed by atoms with Crippen molar-refractivity contribution >= 4 is 39.1 Å². The molecule has 4 rings (SSSR count). The Labute approximate surface area is 280 Å². The van der Waals surface area contributed by atoms with E-state index in [1.165, 1.54) is 44.4 Å². The van der Waals surface area contributed by atoms with Crippen molar-refractivity contribution in [3.63, 3.8) is 0 Å². The van der Waals surface area contributed by atoms with Crippen LogP contribution in [0.1, 0.15) is 18.1 Å². The minimum Gasteiger partial charge on any atom is -0.494 e. The summed E-state index contributed by atoms with van der Waals surface area (Å²) < 4.78 is 45.9. The Morgan fingerprint density at radius 1 is 0.851 bits per heavy atom. The molecule has 2 amide bonds. The van der Waals surface area contributed by atoms with Gasteiger partial charge in [-0.25, -0.2) is 8.42 Å². The lowest BCUT2D eigenvalue weighted by molar-refractivity contribution is -0.139. The molecule has 0 aliphatic rings. The van der Waals surface area contributed by atoms with E-state index in [2.05, 4.69) is 5.32 Å². The van der Waals surface area contributed by atoms with Gasteiger partial charge in [0.2, 0.25) is 11.8 Å². The zero-order chi connectivity index (χ0) is 34.0. The quantitative estimate of drug-likeness (QED) is 0.181. The Morgan fingerprint density at radius 3 is 2.11 bits per heavy atom. The summed E-state index contributed by atoms with van der Waals surface area (Å²) in [5.74, 6) is 0.101. The number of amides is 2. The molecule has 10 nitrogen and oxygen atoms in total. The molecule has 0 unspecified atom stereocenters. The molecule has 12 heteroatoms. The van der Waals surface area contributed by atoms with Crippen LogP contribution in [0.25, 0.3) is 0 Å². The lowest BCUT2D eigenvalue weighted by Gasteiger charge is -2.33. The second kappa shape index (κ2) is 16.2. The summed E-state index contributed by atoms with van der Waals surface area (Å²) >= 11 is 6.13. The van der Waals surface area contributed by atoms with E-state index < -0.39 is 34.4 Å². The van der Waals surface area contributed by atoms with Crippen LogP contribution in [-0.4, -0.2) is 65.6 Å². The summed E-state index contributed by atoms with van der Waals surface area (Å²) in [5, 5.41) is 3.19. The molecule has 0 saturated carbocycles. The number of nitrogens with one attached hydrogen (secondary N) is 1. The number of rotatable bonds is 15. The van der Waals surface area contributed by atoms with Crippen LogP contribution in [0.2, 0.25) is 5.02 Å². The monoisotopic (exact) mass is 679 g/mol. The van der Waals surface area contributed by atoms with Crippen LogP contribution in [0.5, 0.6) is 17.2 Å². The highest BCUT2D eigenvalue weighted by Gasteiger charge is 2.34. The van der Waals surface area contributed by atoms with Gasteiger partial charge in [0.05, 0.1) is 31.4 Å². The summed E-state index contributed by atoms with van der Waals surface area (Å²) in [7, 11) is -0.00981. The zero-order valence-corrected chi connectivity index (χ0v) is 28.3. The third kappa shape index (κ3) is 8.75. The molecule has 0 heterocycles. The minimum atomic E-state index is -4.36. The summed E-state index contributed by atoms with van der Waals surface area (Å²) in [6.07, 6.45) is 0.200. The van der Waals surface area contributed by atoms with E-state index in [-0.39, 0.29) is 29.3 Å². The van der Waals surface area contributed by atoms with E-state index in [1.807, 2.05) is 37.3 Å². The van der Waals surface area contributed by atoms with Gasteiger partial charge in [0.1, 0.15) is 18.3 Å². The Hall–Kier alpha value is -4.74. The van der Waals surface area contributed by atoms with Crippen molar-refractivity contribution in [3.8, 4) is 17.2 Å². The van der Waals surface area contributed by atoms with Crippen molar-refractivity contribution in [2.75, 3.05) is 38.7 Å². The zero-order valence-electron chi connectivity index (χ0n) is 26.7. The first-order valence-electron chi connectivity index (χ1n) is 14.9. The molecule has 0 saturated heterocycles. The Balaban J connectivity index is 1.81. The normalized spacial score (nSPS) is 11.7. The first kappa shape index (κ1) is 35.1. The average Bonchev–Trinajstić information content (AvgIpc) is 3.09. The van der Waals surface area contributed by atoms with E-state index in [9.17, 15) is 18.0 Å². The fraction of sp³-hybridized carbons (Fsp3) is 0.257. The van der Waals surface area contributed by atoms with Gasteiger partial charge in [-0.15, -0.1) is 0 Å². The molecule has 1 N–H and O–H groups in total. The van der Waals surface area contributed by atoms with Crippen LogP contribution in [0.3, 0.4) is 0 Å². The standard InChI is InChI=1S/C35H38ClN3O7S/c1-5-46-29-17-15-28(16-18-29)39(47(42,43)30-19-20-32(44-3)33(22-30)45-4)24-34(40)38(23-26-11-13-27(36)14-12-26)31(35(41)37-2)21-25-9-7-6-8-10-25/h6-20,22,31H,5,21,23-24H2,1-4H3,(H,37,41)/t31-/m1/s1. The molecule has 248 valence electrons. The second-order valence-corrected chi connectivity index (χ2v) is 12.7. The van der Waals surface area contributed by atoms with E-state index in [4.69, 9.17) is 25.8 Å². The molecule has 0 aromatic heterocycles. The van der Waals surface area contributed by atoms with Crippen molar-refractivity contribution in [2.24, 2.45) is 0 Å². The number of anilines is 1. The van der Waals surface area contributed by atoms with Gasteiger partial charge in [0, 0.05) is 31.1 Å². The van der Waals surface area contributed by atoms with Crippen molar-refractivity contribution < 1.29 is 32.2 Å². The summed E-state index contributed by atoms with van der Waals surface area (Å²) in [6, 6.07) is 25.9. The number of carbonyl (C=O) groups excluding carboxylic acids is 2. The minimum absolute atomic E-state index is 0.0223. The number of ether oxygens (including phenoxy) is 3. The van der Waals surface area contributed by atoms with Crippen LogP contribution in [0.15, 0.2) is 102 Å². The number of methoxy groups -OCH3 is 2. The molecule has 47 heavy (non-hydrogen) atoms. The van der Waals surface area contributed by atoms with Gasteiger partial charge in [-0.05, 0) is 66.6 Å². The van der Waals surface area contributed by atoms with Gasteiger partial charge in [-0.1, -0.05) is 54.1 Å². The van der Waals surface area contributed by atoms with Gasteiger partial charge in [-0.2, -0.15) is 0 Å². The smallest absolute Gasteiger partial charge is 0.264 e. The number of sulfonamides is 1. The SMILES string of the molecule is CCOc1ccc(N(CC(=O)N(Cc2ccc(Cl)cc2)[C@H](Cc2ccccc2)C(=O)NC)S(=O)(=O)c2ccc(OC)c(OC)c2)cc1. The van der Waals surface area contributed by atoms with Gasteiger partial charge < -0.3 is 24.4 Å². The third-order valence-corrected chi connectivity index (χ3v) is 9.46. The number of likely N-dealkylation sites (N-methyl/N-ethyl adjacent to an activating group) is 1. The van der Waals surface area contributed by atoms with E-state index in [0.717, 1.165) is 9.87 Å². The van der Waals surface area contributed by atoms with Crippen LogP contribution in [0.4, 0.5) is 5.69 Å². The highest BCUT2D eigenvalue weighted by atomic mass is 35.5. The second-order valence-electron chi connectivity index (χ2n) is 10.4. The van der Waals surface area contributed by atoms with Crippen LogP contribution in [-0.2, 0) is 32.6 Å². The predicted octanol–water partition coefficient (Wildman–Crippen LogP) is 5.34. The Bertz CT molecular complexity index is 1750. The largest absolute Gasteiger partial charge is 0.494 e. The molecular formula is C35H38ClN3O7S. The highest BCUT2D eigenvalue weighted by molar-refractivity contribution is 7.92. The fourth-order valence-corrected chi connectivity index (χ4v) is 6.57. The van der Waals surface area contributed by atoms with E-state index >= 15 is 0 Å². The van der Waals surface area contributed by atoms with Crippen LogP contribution in [0, 0.1) is 0 Å². The molecule has 0 aliphatic heterocycles. The molecule has 0 fully saturated rings.